The number of amides is 2. The normalized spacial score (nSPS) is 19.2. The molecule has 0 radical (unpaired) electrons. The first kappa shape index (κ1) is 24.7. The monoisotopic (exact) mass is 500 g/mol. The fraction of sp³-hybridized carbons (Fsp3) is 0.174. The summed E-state index contributed by atoms with van der Waals surface area (Å²) in [6.45, 7) is 0. The van der Waals surface area contributed by atoms with Gasteiger partial charge in [-0.1, -0.05) is 42.1 Å². The number of pyridine rings is 2. The van der Waals surface area contributed by atoms with E-state index in [0.717, 1.165) is 10.9 Å². The van der Waals surface area contributed by atoms with Gasteiger partial charge in [-0.3, -0.25) is 14.5 Å². The topological polar surface area (TPSA) is 115 Å². The summed E-state index contributed by atoms with van der Waals surface area (Å²) in [5, 5.41) is 15.7. The van der Waals surface area contributed by atoms with Gasteiger partial charge in [-0.15, -0.1) is 11.8 Å². The Kier molecular flexibility index (Phi) is 7.63. The van der Waals surface area contributed by atoms with Crippen molar-refractivity contribution >= 4 is 52.3 Å². The van der Waals surface area contributed by atoms with E-state index < -0.39 is 23.3 Å². The van der Waals surface area contributed by atoms with Gasteiger partial charge < -0.3 is 15.2 Å². The summed E-state index contributed by atoms with van der Waals surface area (Å²) in [5.74, 6) is -1.81. The first-order valence-electron chi connectivity index (χ1n) is 10.1. The van der Waals surface area contributed by atoms with E-state index in [1.807, 2.05) is 48.5 Å². The third-order valence-electron chi connectivity index (χ3n) is 5.32. The molecule has 1 unspecified atom stereocenters. The number of hydrogen-bond acceptors (Lipinski definition) is 8. The molecule has 1 saturated heterocycles. The number of hydrogen-bond donors (Lipinski definition) is 1. The Bertz CT molecular complexity index is 1300. The number of carbonyl (C=O) groups excluding carboxylic acids is 3. The molecule has 0 aliphatic carbocycles. The van der Waals surface area contributed by atoms with Gasteiger partial charge in [-0.05, 0) is 29.8 Å². The molecule has 34 heavy (non-hydrogen) atoms. The fourth-order valence-electron chi connectivity index (χ4n) is 3.78. The molecule has 2 aliphatic rings. The van der Waals surface area contributed by atoms with Crippen LogP contribution < -0.4 is 40.0 Å². The zero-order valence-electron chi connectivity index (χ0n) is 18.1. The van der Waals surface area contributed by atoms with Crippen molar-refractivity contribution in [1.82, 2.24) is 20.2 Å². The van der Waals surface area contributed by atoms with Crippen molar-refractivity contribution in [2.45, 2.75) is 22.9 Å². The standard InChI is InChI=1S/C23H18N4O4S2.Na/c28-16(11-13-5-2-1-3-6-13)25-18-21(29)27-19(23(30)31)15(12-32-22(18)27)33-17-9-8-14-7-4-10-24-20(14)26-17;/h1-10,18,22H,11-12H2,(H,25,28)(H,30,31);/q;+1/p-1/t18?,22-;/m1./s1. The quantitative estimate of drug-likeness (QED) is 0.316. The zero-order chi connectivity index (χ0) is 22.9. The molecule has 4 heterocycles. The van der Waals surface area contributed by atoms with Crippen molar-refractivity contribution in [1.29, 1.82) is 0 Å². The van der Waals surface area contributed by atoms with E-state index in [-0.39, 0.29) is 47.6 Å². The average Bonchev–Trinajstić information content (AvgIpc) is 2.82. The van der Waals surface area contributed by atoms with E-state index in [0.29, 0.717) is 21.3 Å². The van der Waals surface area contributed by atoms with Crippen molar-refractivity contribution in [2.75, 3.05) is 5.75 Å². The summed E-state index contributed by atoms with van der Waals surface area (Å²) in [6, 6.07) is 15.8. The molecule has 0 spiro atoms. The Labute approximate surface area is 225 Å². The molecule has 11 heteroatoms. The average molecular weight is 501 g/mol. The Morgan fingerprint density at radius 1 is 1.15 bits per heavy atom. The number of rotatable bonds is 6. The number of carboxylic acid groups (broad SMARTS) is 1. The Balaban J connectivity index is 0.00000274. The van der Waals surface area contributed by atoms with Gasteiger partial charge in [-0.25, -0.2) is 9.97 Å². The minimum atomic E-state index is -1.43. The Hall–Kier alpha value is -2.37. The predicted molar refractivity (Wildman–Crippen MR) is 123 cm³/mol. The maximum Gasteiger partial charge on any atom is 1.00 e. The van der Waals surface area contributed by atoms with Gasteiger partial charge in [0.05, 0.1) is 18.1 Å². The van der Waals surface area contributed by atoms with Crippen molar-refractivity contribution in [3.05, 3.63) is 77.0 Å². The second-order valence-corrected chi connectivity index (χ2v) is 9.70. The minimum Gasteiger partial charge on any atom is -0.543 e. The van der Waals surface area contributed by atoms with E-state index in [1.165, 1.54) is 28.4 Å². The Morgan fingerprint density at radius 2 is 1.94 bits per heavy atom. The molecule has 0 bridgehead atoms. The summed E-state index contributed by atoms with van der Waals surface area (Å²) in [5.41, 5.74) is 1.23. The maximum atomic E-state index is 12.8. The van der Waals surface area contributed by atoms with Crippen LogP contribution in [0.25, 0.3) is 11.0 Å². The molecular weight excluding hydrogens is 483 g/mol. The van der Waals surface area contributed by atoms with Crippen LogP contribution in [0.1, 0.15) is 5.56 Å². The van der Waals surface area contributed by atoms with E-state index in [1.54, 1.807) is 12.3 Å². The third-order valence-corrected chi connectivity index (χ3v) is 7.80. The van der Waals surface area contributed by atoms with Crippen LogP contribution >= 0.6 is 23.5 Å². The summed E-state index contributed by atoms with van der Waals surface area (Å²) in [4.78, 5) is 47.6. The number of nitrogens with one attached hydrogen (secondary N) is 1. The van der Waals surface area contributed by atoms with Crippen LogP contribution in [-0.4, -0.2) is 49.8 Å². The van der Waals surface area contributed by atoms with Crippen LogP contribution in [0.3, 0.4) is 0 Å². The molecule has 1 fully saturated rings. The van der Waals surface area contributed by atoms with Crippen molar-refractivity contribution < 1.29 is 49.0 Å². The van der Waals surface area contributed by atoms with Crippen molar-refractivity contribution in [3.8, 4) is 0 Å². The van der Waals surface area contributed by atoms with E-state index in [4.69, 9.17) is 0 Å². The van der Waals surface area contributed by atoms with Crippen LogP contribution in [0.4, 0.5) is 0 Å². The summed E-state index contributed by atoms with van der Waals surface area (Å²) in [6.07, 6.45) is 1.79. The summed E-state index contributed by atoms with van der Waals surface area (Å²) < 4.78 is 0. The number of carbonyl (C=O) groups is 3. The first-order valence-corrected chi connectivity index (χ1v) is 12.0. The fourth-order valence-corrected chi connectivity index (χ4v) is 6.22. The van der Waals surface area contributed by atoms with Crippen molar-refractivity contribution in [3.63, 3.8) is 0 Å². The molecule has 8 nitrogen and oxygen atoms in total. The SMILES string of the molecule is O=C(Cc1ccccc1)NC1C(=O)N2C(C(=O)[O-])=C(Sc3ccc4cccnc4n3)CS[C@H]12.[Na+]. The molecule has 3 aromatic rings. The largest absolute Gasteiger partial charge is 1.00 e. The van der Waals surface area contributed by atoms with Gasteiger partial charge in [-0.2, -0.15) is 0 Å². The van der Waals surface area contributed by atoms with Gasteiger partial charge >= 0.3 is 29.6 Å². The number of nitrogens with zero attached hydrogens (tertiary/aromatic N) is 3. The van der Waals surface area contributed by atoms with Gasteiger partial charge in [0.25, 0.3) is 5.91 Å². The summed E-state index contributed by atoms with van der Waals surface area (Å²) in [7, 11) is 0. The molecule has 2 atom stereocenters. The molecule has 1 aromatic carbocycles. The Morgan fingerprint density at radius 3 is 2.71 bits per heavy atom. The first-order chi connectivity index (χ1) is 16.0. The molecule has 0 saturated carbocycles. The number of thioether (sulfide) groups is 2. The molecule has 2 aliphatic heterocycles. The number of aromatic nitrogens is 2. The smallest absolute Gasteiger partial charge is 0.543 e. The minimum absolute atomic E-state index is 0. The van der Waals surface area contributed by atoms with Crippen LogP contribution in [0.15, 0.2) is 76.4 Å². The van der Waals surface area contributed by atoms with Crippen molar-refractivity contribution in [2.24, 2.45) is 0 Å². The number of β-lactam (4-membered cyclic amide) rings is 1. The second kappa shape index (κ2) is 10.5. The molecule has 166 valence electrons. The van der Waals surface area contributed by atoms with Gasteiger partial charge in [0.2, 0.25) is 5.91 Å². The maximum absolute atomic E-state index is 12.8. The summed E-state index contributed by atoms with van der Waals surface area (Å²) >= 11 is 2.58. The van der Waals surface area contributed by atoms with Crippen LogP contribution in [0, 0.1) is 0 Å². The third kappa shape index (κ3) is 4.87. The van der Waals surface area contributed by atoms with Crippen LogP contribution in [0.5, 0.6) is 0 Å². The second-order valence-electron chi connectivity index (χ2n) is 7.48. The number of benzene rings is 1. The number of aliphatic carboxylic acids is 1. The van der Waals surface area contributed by atoms with E-state index >= 15 is 0 Å². The van der Waals surface area contributed by atoms with Gasteiger partial charge in [0.1, 0.15) is 16.4 Å². The van der Waals surface area contributed by atoms with Gasteiger partial charge in [0.15, 0.2) is 5.65 Å². The van der Waals surface area contributed by atoms with Gasteiger partial charge in [0, 0.05) is 22.2 Å². The van der Waals surface area contributed by atoms with E-state index in [2.05, 4.69) is 15.3 Å². The van der Waals surface area contributed by atoms with Crippen LogP contribution in [0.2, 0.25) is 0 Å². The molecule has 5 rings (SSSR count). The molecule has 1 N–H and O–H groups in total. The molecule has 2 aromatic heterocycles. The number of carboxylic acids is 1. The predicted octanol–water partition coefficient (Wildman–Crippen LogP) is -1.67. The molecular formula is C23H17N4NaO4S2. The van der Waals surface area contributed by atoms with Crippen LogP contribution in [-0.2, 0) is 20.8 Å². The number of fused-ring (bicyclic) bond motifs is 2. The zero-order valence-corrected chi connectivity index (χ0v) is 21.8. The van der Waals surface area contributed by atoms with E-state index in [9.17, 15) is 19.5 Å². The molecule has 2 amide bonds.